The van der Waals surface area contributed by atoms with Gasteiger partial charge in [0.25, 0.3) is 0 Å². The van der Waals surface area contributed by atoms with Gasteiger partial charge in [0.1, 0.15) is 0 Å². The van der Waals surface area contributed by atoms with Crippen LogP contribution >= 0.6 is 0 Å². The number of hydrogen-bond donors (Lipinski definition) is 2. The second kappa shape index (κ2) is 7.66. The molecule has 0 heterocycles. The van der Waals surface area contributed by atoms with Crippen LogP contribution in [0.25, 0.3) is 0 Å². The SMILES string of the molecule is CCC(CC)NC(=O)CNCCC1CCC1. The van der Waals surface area contributed by atoms with Gasteiger partial charge in [-0.15, -0.1) is 0 Å². The summed E-state index contributed by atoms with van der Waals surface area (Å²) in [6, 6.07) is 0.348. The predicted molar refractivity (Wildman–Crippen MR) is 67.3 cm³/mol. The Balaban J connectivity index is 1.96. The highest BCUT2D eigenvalue weighted by Gasteiger charge is 2.16. The first kappa shape index (κ1) is 13.5. The Hall–Kier alpha value is -0.570. The highest BCUT2D eigenvalue weighted by atomic mass is 16.1. The van der Waals surface area contributed by atoms with Crippen LogP contribution in [-0.2, 0) is 4.79 Å². The van der Waals surface area contributed by atoms with Gasteiger partial charge in [-0.05, 0) is 31.7 Å². The lowest BCUT2D eigenvalue weighted by atomic mass is 9.83. The van der Waals surface area contributed by atoms with Crippen molar-refractivity contribution in [3.8, 4) is 0 Å². The fraction of sp³-hybridized carbons (Fsp3) is 0.923. The molecule has 3 heteroatoms. The highest BCUT2D eigenvalue weighted by molar-refractivity contribution is 5.78. The number of carbonyl (C=O) groups is 1. The van der Waals surface area contributed by atoms with Crippen LogP contribution in [0.2, 0.25) is 0 Å². The highest BCUT2D eigenvalue weighted by Crippen LogP contribution is 2.28. The molecule has 0 atom stereocenters. The van der Waals surface area contributed by atoms with Crippen LogP contribution < -0.4 is 10.6 Å². The number of hydrogen-bond acceptors (Lipinski definition) is 2. The topological polar surface area (TPSA) is 41.1 Å². The van der Waals surface area contributed by atoms with Crippen LogP contribution in [0.1, 0.15) is 52.4 Å². The summed E-state index contributed by atoms with van der Waals surface area (Å²) >= 11 is 0. The Labute approximate surface area is 99.4 Å². The molecule has 0 unspecified atom stereocenters. The standard InChI is InChI=1S/C13H26N2O/c1-3-12(4-2)15-13(16)10-14-9-8-11-6-5-7-11/h11-12,14H,3-10H2,1-2H3,(H,15,16). The van der Waals surface area contributed by atoms with E-state index >= 15 is 0 Å². The van der Waals surface area contributed by atoms with E-state index < -0.39 is 0 Å². The van der Waals surface area contributed by atoms with E-state index in [1.165, 1.54) is 25.7 Å². The molecule has 1 amide bonds. The quantitative estimate of drug-likeness (QED) is 0.622. The maximum absolute atomic E-state index is 11.5. The average molecular weight is 226 g/mol. The van der Waals surface area contributed by atoms with Crippen LogP contribution in [0, 0.1) is 5.92 Å². The van der Waals surface area contributed by atoms with Gasteiger partial charge in [-0.2, -0.15) is 0 Å². The summed E-state index contributed by atoms with van der Waals surface area (Å²) in [7, 11) is 0. The minimum atomic E-state index is 0.141. The van der Waals surface area contributed by atoms with Crippen molar-refractivity contribution in [1.82, 2.24) is 10.6 Å². The maximum atomic E-state index is 11.5. The van der Waals surface area contributed by atoms with Gasteiger partial charge in [0.05, 0.1) is 6.54 Å². The van der Waals surface area contributed by atoms with Crippen molar-refractivity contribution in [1.29, 1.82) is 0 Å². The molecule has 1 aliphatic carbocycles. The number of amides is 1. The smallest absolute Gasteiger partial charge is 0.234 e. The molecule has 2 N–H and O–H groups in total. The van der Waals surface area contributed by atoms with E-state index in [-0.39, 0.29) is 5.91 Å². The molecule has 1 aliphatic rings. The van der Waals surface area contributed by atoms with Crippen LogP contribution in [0.4, 0.5) is 0 Å². The van der Waals surface area contributed by atoms with Gasteiger partial charge in [0.15, 0.2) is 0 Å². The molecule has 0 aromatic heterocycles. The monoisotopic (exact) mass is 226 g/mol. The average Bonchev–Trinajstić information content (AvgIpc) is 2.23. The molecule has 94 valence electrons. The fourth-order valence-corrected chi connectivity index (χ4v) is 2.06. The summed E-state index contributed by atoms with van der Waals surface area (Å²) in [5.41, 5.74) is 0. The lowest BCUT2D eigenvalue weighted by molar-refractivity contribution is -0.121. The zero-order valence-electron chi connectivity index (χ0n) is 10.7. The Morgan fingerprint density at radius 1 is 1.31 bits per heavy atom. The van der Waals surface area contributed by atoms with Crippen LogP contribution in [-0.4, -0.2) is 25.0 Å². The van der Waals surface area contributed by atoms with Crippen molar-refractivity contribution in [2.75, 3.05) is 13.1 Å². The first-order valence-electron chi connectivity index (χ1n) is 6.76. The first-order valence-corrected chi connectivity index (χ1v) is 6.76. The summed E-state index contributed by atoms with van der Waals surface area (Å²) in [5.74, 6) is 1.07. The van der Waals surface area contributed by atoms with Gasteiger partial charge in [0, 0.05) is 6.04 Å². The van der Waals surface area contributed by atoms with Gasteiger partial charge in [-0.1, -0.05) is 33.1 Å². The molecule has 1 saturated carbocycles. The van der Waals surface area contributed by atoms with Crippen LogP contribution in [0.5, 0.6) is 0 Å². The Bertz CT molecular complexity index is 198. The van der Waals surface area contributed by atoms with Crippen molar-refractivity contribution in [2.45, 2.75) is 58.4 Å². The molecule has 0 spiro atoms. The van der Waals surface area contributed by atoms with E-state index in [0.29, 0.717) is 12.6 Å². The zero-order chi connectivity index (χ0) is 11.8. The molecule has 1 rings (SSSR count). The third-order valence-corrected chi connectivity index (χ3v) is 3.59. The molecule has 0 aromatic carbocycles. The van der Waals surface area contributed by atoms with Gasteiger partial charge >= 0.3 is 0 Å². The molecule has 16 heavy (non-hydrogen) atoms. The summed E-state index contributed by atoms with van der Waals surface area (Å²) in [6.07, 6.45) is 7.45. The van der Waals surface area contributed by atoms with E-state index in [0.717, 1.165) is 25.3 Å². The summed E-state index contributed by atoms with van der Waals surface area (Å²) < 4.78 is 0. The molecule has 0 aliphatic heterocycles. The molecule has 1 fully saturated rings. The minimum absolute atomic E-state index is 0.141. The molecular weight excluding hydrogens is 200 g/mol. The third kappa shape index (κ3) is 4.97. The normalized spacial score (nSPS) is 16.2. The Morgan fingerprint density at radius 3 is 2.50 bits per heavy atom. The molecule has 0 bridgehead atoms. The zero-order valence-corrected chi connectivity index (χ0v) is 10.7. The summed E-state index contributed by atoms with van der Waals surface area (Å²) in [5, 5.41) is 6.26. The van der Waals surface area contributed by atoms with E-state index in [2.05, 4.69) is 24.5 Å². The number of nitrogens with one attached hydrogen (secondary N) is 2. The van der Waals surface area contributed by atoms with Gasteiger partial charge in [-0.3, -0.25) is 4.79 Å². The second-order valence-electron chi connectivity index (χ2n) is 4.84. The van der Waals surface area contributed by atoms with Crippen molar-refractivity contribution >= 4 is 5.91 Å². The fourth-order valence-electron chi connectivity index (χ4n) is 2.06. The van der Waals surface area contributed by atoms with E-state index in [4.69, 9.17) is 0 Å². The first-order chi connectivity index (χ1) is 7.76. The van der Waals surface area contributed by atoms with Crippen molar-refractivity contribution < 1.29 is 4.79 Å². The summed E-state index contributed by atoms with van der Waals surface area (Å²) in [6.45, 7) is 5.68. The van der Waals surface area contributed by atoms with E-state index in [1.807, 2.05) is 0 Å². The molecular formula is C13H26N2O. The lowest BCUT2D eigenvalue weighted by Crippen LogP contribution is -2.40. The summed E-state index contributed by atoms with van der Waals surface area (Å²) in [4.78, 5) is 11.5. The van der Waals surface area contributed by atoms with Crippen molar-refractivity contribution in [2.24, 2.45) is 5.92 Å². The van der Waals surface area contributed by atoms with E-state index in [1.54, 1.807) is 0 Å². The lowest BCUT2D eigenvalue weighted by Gasteiger charge is -2.25. The van der Waals surface area contributed by atoms with Gasteiger partial charge < -0.3 is 10.6 Å². The predicted octanol–water partition coefficient (Wildman–Crippen LogP) is 2.07. The largest absolute Gasteiger partial charge is 0.352 e. The van der Waals surface area contributed by atoms with Gasteiger partial charge in [0.2, 0.25) is 5.91 Å². The van der Waals surface area contributed by atoms with E-state index in [9.17, 15) is 4.79 Å². The minimum Gasteiger partial charge on any atom is -0.352 e. The molecule has 0 aromatic rings. The number of carbonyl (C=O) groups excluding carboxylic acids is 1. The Morgan fingerprint density at radius 2 is 2.00 bits per heavy atom. The van der Waals surface area contributed by atoms with Crippen molar-refractivity contribution in [3.63, 3.8) is 0 Å². The number of rotatable bonds is 8. The van der Waals surface area contributed by atoms with Crippen LogP contribution in [0.3, 0.4) is 0 Å². The molecule has 0 saturated heterocycles. The second-order valence-corrected chi connectivity index (χ2v) is 4.84. The molecule has 3 nitrogen and oxygen atoms in total. The van der Waals surface area contributed by atoms with Crippen molar-refractivity contribution in [3.05, 3.63) is 0 Å². The molecule has 0 radical (unpaired) electrons. The third-order valence-electron chi connectivity index (χ3n) is 3.59. The Kier molecular flexibility index (Phi) is 6.46. The van der Waals surface area contributed by atoms with Gasteiger partial charge in [-0.25, -0.2) is 0 Å². The van der Waals surface area contributed by atoms with Crippen LogP contribution in [0.15, 0.2) is 0 Å². The maximum Gasteiger partial charge on any atom is 0.234 e.